The molecule has 1 rings (SSSR count). The standard InChI is InChI=1S/C14H21NO6/c1-4-7-8-15-10(14(19)21-6-3)9(11(16)12(15)17)13(18)20-5-2/h9-10H,4-8H2,1-3H3/t9-,10-/m0/s1. The molecule has 0 aromatic carbocycles. The molecule has 0 saturated carbocycles. The summed E-state index contributed by atoms with van der Waals surface area (Å²) in [5.74, 6) is -4.74. The molecule has 0 N–H and O–H groups in total. The van der Waals surface area contributed by atoms with Crippen LogP contribution in [0.25, 0.3) is 0 Å². The number of ketones is 1. The third-order valence-corrected chi connectivity index (χ3v) is 3.23. The van der Waals surface area contributed by atoms with Gasteiger partial charge in [-0.1, -0.05) is 13.3 Å². The quantitative estimate of drug-likeness (QED) is 0.382. The molecule has 1 amide bonds. The second-order valence-electron chi connectivity index (χ2n) is 4.64. The largest absolute Gasteiger partial charge is 0.465 e. The van der Waals surface area contributed by atoms with Gasteiger partial charge in [-0.15, -0.1) is 0 Å². The van der Waals surface area contributed by atoms with Gasteiger partial charge in [-0.2, -0.15) is 0 Å². The predicted molar refractivity (Wildman–Crippen MR) is 72.2 cm³/mol. The highest BCUT2D eigenvalue weighted by atomic mass is 16.5. The molecule has 0 bridgehead atoms. The Morgan fingerprint density at radius 1 is 1.05 bits per heavy atom. The molecule has 1 aliphatic rings. The number of hydrogen-bond donors (Lipinski definition) is 0. The van der Waals surface area contributed by atoms with Gasteiger partial charge < -0.3 is 14.4 Å². The fourth-order valence-corrected chi connectivity index (χ4v) is 2.25. The average Bonchev–Trinajstić information content (AvgIpc) is 2.70. The second kappa shape index (κ2) is 7.75. The number of amides is 1. The van der Waals surface area contributed by atoms with E-state index in [4.69, 9.17) is 9.47 Å². The number of Topliss-reactive ketones (excluding diaryl/α,β-unsaturated/α-hetero) is 1. The highest BCUT2D eigenvalue weighted by Crippen LogP contribution is 2.26. The van der Waals surface area contributed by atoms with Gasteiger partial charge in [-0.3, -0.25) is 14.4 Å². The Labute approximate surface area is 123 Å². The van der Waals surface area contributed by atoms with E-state index in [1.807, 2.05) is 6.92 Å². The summed E-state index contributed by atoms with van der Waals surface area (Å²) in [6, 6.07) is -1.21. The molecule has 7 nitrogen and oxygen atoms in total. The number of unbranched alkanes of at least 4 members (excludes halogenated alkanes) is 1. The van der Waals surface area contributed by atoms with E-state index in [9.17, 15) is 19.2 Å². The molecule has 0 aromatic heterocycles. The van der Waals surface area contributed by atoms with Gasteiger partial charge in [0.1, 0.15) is 0 Å². The van der Waals surface area contributed by atoms with Crippen molar-refractivity contribution in [2.45, 2.75) is 39.7 Å². The van der Waals surface area contributed by atoms with Gasteiger partial charge in [0.05, 0.1) is 13.2 Å². The minimum atomic E-state index is -1.42. The van der Waals surface area contributed by atoms with Gasteiger partial charge in [0.25, 0.3) is 5.91 Å². The summed E-state index contributed by atoms with van der Waals surface area (Å²) >= 11 is 0. The highest BCUT2D eigenvalue weighted by molar-refractivity contribution is 6.43. The van der Waals surface area contributed by atoms with Crippen LogP contribution in [0.15, 0.2) is 0 Å². The van der Waals surface area contributed by atoms with Crippen LogP contribution in [-0.4, -0.2) is 54.3 Å². The SMILES string of the molecule is CCCCN1C(=O)C(=O)[C@@H](C(=O)OCC)[C@H]1C(=O)OCC. The van der Waals surface area contributed by atoms with Crippen LogP contribution in [0.4, 0.5) is 0 Å². The van der Waals surface area contributed by atoms with Gasteiger partial charge >= 0.3 is 11.9 Å². The molecule has 1 saturated heterocycles. The second-order valence-corrected chi connectivity index (χ2v) is 4.64. The number of ether oxygens (including phenoxy) is 2. The maximum Gasteiger partial charge on any atom is 0.330 e. The number of carbonyl (C=O) groups excluding carboxylic acids is 4. The minimum Gasteiger partial charge on any atom is -0.465 e. The lowest BCUT2D eigenvalue weighted by Gasteiger charge is -2.24. The molecule has 118 valence electrons. The van der Waals surface area contributed by atoms with Crippen molar-refractivity contribution in [3.63, 3.8) is 0 Å². The van der Waals surface area contributed by atoms with Gasteiger partial charge in [0, 0.05) is 6.54 Å². The number of rotatable bonds is 7. The molecule has 0 aliphatic carbocycles. The zero-order valence-electron chi connectivity index (χ0n) is 12.6. The van der Waals surface area contributed by atoms with Crippen LogP contribution in [0.3, 0.4) is 0 Å². The predicted octanol–water partition coefficient (Wildman–Crippen LogP) is 0.309. The molecule has 0 aromatic rings. The van der Waals surface area contributed by atoms with Gasteiger partial charge in [-0.25, -0.2) is 4.79 Å². The highest BCUT2D eigenvalue weighted by Gasteiger charge is 2.55. The van der Waals surface area contributed by atoms with Crippen molar-refractivity contribution in [3.05, 3.63) is 0 Å². The van der Waals surface area contributed by atoms with E-state index in [1.165, 1.54) is 0 Å². The summed E-state index contributed by atoms with van der Waals surface area (Å²) in [4.78, 5) is 49.1. The average molecular weight is 299 g/mol. The van der Waals surface area contributed by atoms with E-state index >= 15 is 0 Å². The topological polar surface area (TPSA) is 90.0 Å². The summed E-state index contributed by atoms with van der Waals surface area (Å²) in [6.07, 6.45) is 1.42. The van der Waals surface area contributed by atoms with Crippen LogP contribution in [0.1, 0.15) is 33.6 Å². The first-order chi connectivity index (χ1) is 9.99. The van der Waals surface area contributed by atoms with Crippen LogP contribution in [0, 0.1) is 5.92 Å². The maximum absolute atomic E-state index is 12.1. The van der Waals surface area contributed by atoms with E-state index in [-0.39, 0.29) is 19.8 Å². The molecule has 0 spiro atoms. The summed E-state index contributed by atoms with van der Waals surface area (Å²) < 4.78 is 9.71. The number of carbonyl (C=O) groups is 4. The first kappa shape index (κ1) is 17.1. The fraction of sp³-hybridized carbons (Fsp3) is 0.714. The van der Waals surface area contributed by atoms with Crippen molar-refractivity contribution in [1.29, 1.82) is 0 Å². The zero-order valence-corrected chi connectivity index (χ0v) is 12.6. The number of hydrogen-bond acceptors (Lipinski definition) is 6. The normalized spacial score (nSPS) is 21.6. The smallest absolute Gasteiger partial charge is 0.330 e. The lowest BCUT2D eigenvalue weighted by atomic mass is 9.99. The van der Waals surface area contributed by atoms with Gasteiger partial charge in [-0.05, 0) is 20.3 Å². The third kappa shape index (κ3) is 3.59. The first-order valence-electron chi connectivity index (χ1n) is 7.17. The van der Waals surface area contributed by atoms with E-state index in [2.05, 4.69) is 0 Å². The van der Waals surface area contributed by atoms with Crippen molar-refractivity contribution >= 4 is 23.6 Å². The van der Waals surface area contributed by atoms with Crippen molar-refractivity contribution < 1.29 is 28.7 Å². The summed E-state index contributed by atoms with van der Waals surface area (Å²) in [5.41, 5.74) is 0. The molecule has 1 fully saturated rings. The lowest BCUT2D eigenvalue weighted by molar-refractivity contribution is -0.160. The van der Waals surface area contributed by atoms with Crippen LogP contribution in [0.2, 0.25) is 0 Å². The number of likely N-dealkylation sites (tertiary alicyclic amines) is 1. The van der Waals surface area contributed by atoms with Crippen molar-refractivity contribution in [2.75, 3.05) is 19.8 Å². The molecule has 0 unspecified atom stereocenters. The van der Waals surface area contributed by atoms with Crippen LogP contribution >= 0.6 is 0 Å². The van der Waals surface area contributed by atoms with Crippen molar-refractivity contribution in [3.8, 4) is 0 Å². The number of nitrogens with zero attached hydrogens (tertiary/aromatic N) is 1. The fourth-order valence-electron chi connectivity index (χ4n) is 2.25. The minimum absolute atomic E-state index is 0.0707. The summed E-state index contributed by atoms with van der Waals surface area (Å²) in [5, 5.41) is 0. The molecular weight excluding hydrogens is 278 g/mol. The van der Waals surface area contributed by atoms with Gasteiger partial charge in [0.15, 0.2) is 12.0 Å². The Bertz CT molecular complexity index is 433. The van der Waals surface area contributed by atoms with E-state index in [0.29, 0.717) is 6.42 Å². The molecule has 0 radical (unpaired) electrons. The summed E-state index contributed by atoms with van der Waals surface area (Å²) in [6.45, 7) is 5.54. The van der Waals surface area contributed by atoms with E-state index < -0.39 is 35.6 Å². The Balaban J connectivity index is 3.07. The summed E-state index contributed by atoms with van der Waals surface area (Å²) in [7, 11) is 0. The van der Waals surface area contributed by atoms with E-state index in [1.54, 1.807) is 13.8 Å². The lowest BCUT2D eigenvalue weighted by Crippen LogP contribution is -2.45. The maximum atomic E-state index is 12.1. The third-order valence-electron chi connectivity index (χ3n) is 3.23. The monoisotopic (exact) mass is 299 g/mol. The molecule has 7 heteroatoms. The van der Waals surface area contributed by atoms with Crippen LogP contribution in [-0.2, 0) is 28.7 Å². The van der Waals surface area contributed by atoms with Crippen molar-refractivity contribution in [1.82, 2.24) is 4.90 Å². The van der Waals surface area contributed by atoms with Gasteiger partial charge in [0.2, 0.25) is 5.78 Å². The Morgan fingerprint density at radius 2 is 1.62 bits per heavy atom. The van der Waals surface area contributed by atoms with Crippen molar-refractivity contribution in [2.24, 2.45) is 5.92 Å². The number of esters is 2. The van der Waals surface area contributed by atoms with Crippen LogP contribution in [0.5, 0.6) is 0 Å². The first-order valence-corrected chi connectivity index (χ1v) is 7.17. The molecule has 1 aliphatic heterocycles. The molecule has 21 heavy (non-hydrogen) atoms. The molecular formula is C14H21NO6. The molecule has 1 heterocycles. The Morgan fingerprint density at radius 3 is 2.14 bits per heavy atom. The van der Waals surface area contributed by atoms with E-state index in [0.717, 1.165) is 11.3 Å². The Hall–Kier alpha value is -1.92. The van der Waals surface area contributed by atoms with Crippen LogP contribution < -0.4 is 0 Å². The zero-order chi connectivity index (χ0) is 16.0. The molecule has 2 atom stereocenters. The Kier molecular flexibility index (Phi) is 6.33.